The van der Waals surface area contributed by atoms with E-state index in [-0.39, 0.29) is 23.3 Å². The molecule has 0 unspecified atom stereocenters. The van der Waals surface area contributed by atoms with Crippen LogP contribution in [0.1, 0.15) is 35.6 Å². The largest absolute Gasteiger partial charge is 0.483 e. The molecule has 2 aromatic carbocycles. The summed E-state index contributed by atoms with van der Waals surface area (Å²) in [4.78, 5) is 29.0. The molecule has 5 nitrogen and oxygen atoms in total. The van der Waals surface area contributed by atoms with Gasteiger partial charge >= 0.3 is 4.87 Å². The molecule has 1 amide bonds. The van der Waals surface area contributed by atoms with Gasteiger partial charge in [0.15, 0.2) is 6.61 Å². The van der Waals surface area contributed by atoms with Gasteiger partial charge in [0.05, 0.1) is 5.03 Å². The third kappa shape index (κ3) is 4.06. The lowest BCUT2D eigenvalue weighted by atomic mass is 9.74. The van der Waals surface area contributed by atoms with E-state index in [1.807, 2.05) is 23.9 Å². The Bertz CT molecular complexity index is 1310. The number of fused-ring (bicyclic) bond motifs is 6. The molecule has 2 N–H and O–H groups in total. The van der Waals surface area contributed by atoms with Crippen LogP contribution in [-0.4, -0.2) is 22.7 Å². The van der Waals surface area contributed by atoms with Gasteiger partial charge in [-0.25, -0.2) is 0 Å². The zero-order valence-corrected chi connectivity index (χ0v) is 21.2. The summed E-state index contributed by atoms with van der Waals surface area (Å²) in [6.07, 6.45) is 3.75. The van der Waals surface area contributed by atoms with E-state index < -0.39 is 0 Å². The van der Waals surface area contributed by atoms with Gasteiger partial charge in [-0.15, -0.1) is 11.8 Å². The molecule has 0 radical (unpaired) electrons. The highest BCUT2D eigenvalue weighted by Gasteiger charge is 2.55. The minimum atomic E-state index is -0.257. The number of aromatic amines is 1. The molecule has 3 aromatic rings. The second kappa shape index (κ2) is 8.94. The Balaban J connectivity index is 1.30. The third-order valence-electron chi connectivity index (χ3n) is 7.26. The van der Waals surface area contributed by atoms with Gasteiger partial charge in [0.2, 0.25) is 0 Å². The van der Waals surface area contributed by atoms with Gasteiger partial charge in [-0.05, 0) is 79.5 Å². The third-order valence-corrected chi connectivity index (χ3v) is 10.4. The number of halogens is 2. The van der Waals surface area contributed by atoms with Crippen LogP contribution >= 0.6 is 46.3 Å². The van der Waals surface area contributed by atoms with Crippen LogP contribution in [0.4, 0.5) is 5.69 Å². The van der Waals surface area contributed by atoms with Crippen molar-refractivity contribution in [3.05, 3.63) is 72.6 Å². The summed E-state index contributed by atoms with van der Waals surface area (Å²) in [5.41, 5.74) is 1.62. The van der Waals surface area contributed by atoms with Crippen molar-refractivity contribution in [3.63, 3.8) is 0 Å². The number of aromatic nitrogens is 1. The number of carbonyl (C=O) groups is 1. The number of thioether (sulfide) groups is 1. The molecule has 2 aliphatic carbocycles. The molecule has 34 heavy (non-hydrogen) atoms. The van der Waals surface area contributed by atoms with E-state index in [9.17, 15) is 9.59 Å². The highest BCUT2D eigenvalue weighted by atomic mass is 35.5. The van der Waals surface area contributed by atoms with Crippen molar-refractivity contribution in [1.29, 1.82) is 0 Å². The lowest BCUT2D eigenvalue weighted by Gasteiger charge is -2.40. The first-order chi connectivity index (χ1) is 16.5. The highest BCUT2D eigenvalue weighted by molar-refractivity contribution is 8.00. The van der Waals surface area contributed by atoms with Crippen molar-refractivity contribution in [2.75, 3.05) is 11.9 Å². The first-order valence-corrected chi connectivity index (χ1v) is 13.8. The maximum absolute atomic E-state index is 12.6. The molecule has 1 aliphatic heterocycles. The van der Waals surface area contributed by atoms with E-state index in [1.165, 1.54) is 30.6 Å². The van der Waals surface area contributed by atoms with Crippen molar-refractivity contribution in [3.8, 4) is 5.75 Å². The Kier molecular flexibility index (Phi) is 5.92. The van der Waals surface area contributed by atoms with Crippen LogP contribution in [-0.2, 0) is 4.79 Å². The van der Waals surface area contributed by atoms with Gasteiger partial charge in [-0.3, -0.25) is 9.59 Å². The second-order valence-electron chi connectivity index (χ2n) is 9.20. The van der Waals surface area contributed by atoms with Crippen LogP contribution in [0.2, 0.25) is 10.0 Å². The Labute approximate surface area is 215 Å². The quantitative estimate of drug-likeness (QED) is 0.398. The van der Waals surface area contributed by atoms with Crippen molar-refractivity contribution in [2.24, 2.45) is 17.8 Å². The number of anilines is 1. The second-order valence-corrected chi connectivity index (χ2v) is 12.3. The van der Waals surface area contributed by atoms with E-state index in [4.69, 9.17) is 27.9 Å². The van der Waals surface area contributed by atoms with Crippen molar-refractivity contribution < 1.29 is 9.53 Å². The summed E-state index contributed by atoms with van der Waals surface area (Å²) in [5.74, 6) is 2.18. The normalized spacial score (nSPS) is 26.7. The molecule has 2 heterocycles. The summed E-state index contributed by atoms with van der Waals surface area (Å²) in [5, 5.41) is 5.53. The maximum atomic E-state index is 12.6. The number of H-pyrrole nitrogens is 1. The Morgan fingerprint density at radius 1 is 1.09 bits per heavy atom. The van der Waals surface area contributed by atoms with E-state index in [0.29, 0.717) is 44.5 Å². The molecule has 0 saturated heterocycles. The average Bonchev–Trinajstić information content (AvgIpc) is 3.52. The molecule has 3 aliphatic rings. The Hall–Kier alpha value is -1.93. The van der Waals surface area contributed by atoms with Gasteiger partial charge in [0.1, 0.15) is 5.75 Å². The molecule has 1 aromatic heterocycles. The fraction of sp³-hybridized carbons (Fsp3) is 0.360. The minimum Gasteiger partial charge on any atom is -0.483 e. The molecule has 176 valence electrons. The fourth-order valence-electron chi connectivity index (χ4n) is 5.96. The monoisotopic (exact) mass is 532 g/mol. The van der Waals surface area contributed by atoms with Crippen molar-refractivity contribution in [2.45, 2.75) is 35.5 Å². The number of carbonyl (C=O) groups excluding carboxylic acids is 1. The number of amides is 1. The van der Waals surface area contributed by atoms with Gasteiger partial charge in [0, 0.05) is 37.3 Å². The van der Waals surface area contributed by atoms with E-state index in [0.717, 1.165) is 15.5 Å². The minimum absolute atomic E-state index is 0.0262. The predicted octanol–water partition coefficient (Wildman–Crippen LogP) is 6.41. The number of nitrogens with one attached hydrogen (secondary N) is 2. The molecular weight excluding hydrogens is 511 g/mol. The number of benzene rings is 2. The number of rotatable bonds is 5. The number of thiazole rings is 1. The molecule has 2 fully saturated rings. The van der Waals surface area contributed by atoms with Crippen LogP contribution in [0.5, 0.6) is 5.75 Å². The first-order valence-electron chi connectivity index (χ1n) is 11.3. The number of ether oxygens (including phenoxy) is 1. The van der Waals surface area contributed by atoms with E-state index in [2.05, 4.69) is 10.3 Å². The lowest BCUT2D eigenvalue weighted by Crippen LogP contribution is -2.34. The molecular formula is C25H22Cl2N2O3S2. The van der Waals surface area contributed by atoms with Gasteiger partial charge in [-0.1, -0.05) is 34.5 Å². The summed E-state index contributed by atoms with van der Waals surface area (Å²) < 4.78 is 6.07. The Morgan fingerprint density at radius 2 is 1.85 bits per heavy atom. The van der Waals surface area contributed by atoms with Gasteiger partial charge < -0.3 is 15.0 Å². The zero-order valence-electron chi connectivity index (χ0n) is 18.1. The van der Waals surface area contributed by atoms with Crippen LogP contribution in [0.25, 0.3) is 0 Å². The van der Waals surface area contributed by atoms with Gasteiger partial charge in [0.25, 0.3) is 5.91 Å². The lowest BCUT2D eigenvalue weighted by molar-refractivity contribution is -0.118. The van der Waals surface area contributed by atoms with E-state index >= 15 is 0 Å². The first kappa shape index (κ1) is 22.5. The zero-order chi connectivity index (χ0) is 23.4. The standard InChI is InChI=1S/C25H22Cl2N2O3S2/c26-14-3-6-16(7-4-14)28-19(30)11-32-18-8-5-15(27)10-17(18)21-20-12-1-2-13(9-12)22(20)33-24-23(21)34-25(31)29-24/h3-8,10,12-13,20-22H,1-2,9,11H2,(H,28,30)(H,29,31)/t12-,13-,20-,21-,22-/m0/s1. The van der Waals surface area contributed by atoms with Crippen LogP contribution in [0.15, 0.2) is 52.3 Å². The molecule has 2 saturated carbocycles. The number of hydrogen-bond acceptors (Lipinski definition) is 5. The predicted molar refractivity (Wildman–Crippen MR) is 138 cm³/mol. The van der Waals surface area contributed by atoms with Crippen LogP contribution in [0.3, 0.4) is 0 Å². The molecule has 6 rings (SSSR count). The molecule has 5 atom stereocenters. The summed E-state index contributed by atoms with van der Waals surface area (Å²) in [7, 11) is 0. The van der Waals surface area contributed by atoms with Crippen LogP contribution in [0, 0.1) is 17.8 Å². The van der Waals surface area contributed by atoms with Crippen molar-refractivity contribution >= 4 is 57.9 Å². The SMILES string of the molecule is O=C(COc1ccc(Cl)cc1[C@@H]1c2sc(=O)[nH]c2S[C@H]2[C@H]3CC[C@@H](C3)[C@@H]12)Nc1ccc(Cl)cc1. The highest BCUT2D eigenvalue weighted by Crippen LogP contribution is 2.64. The topological polar surface area (TPSA) is 71.2 Å². The summed E-state index contributed by atoms with van der Waals surface area (Å²) >= 11 is 15.5. The fourth-order valence-corrected chi connectivity index (χ4v) is 9.16. The summed E-state index contributed by atoms with van der Waals surface area (Å²) in [6.45, 7) is -0.130. The van der Waals surface area contributed by atoms with Gasteiger partial charge in [-0.2, -0.15) is 0 Å². The maximum Gasteiger partial charge on any atom is 0.305 e. The number of hydrogen-bond donors (Lipinski definition) is 2. The summed E-state index contributed by atoms with van der Waals surface area (Å²) in [6, 6.07) is 12.5. The molecule has 0 spiro atoms. The molecule has 9 heteroatoms. The van der Waals surface area contributed by atoms with Crippen molar-refractivity contribution in [1.82, 2.24) is 4.98 Å². The Morgan fingerprint density at radius 3 is 2.68 bits per heavy atom. The average molecular weight is 534 g/mol. The van der Waals surface area contributed by atoms with E-state index in [1.54, 1.807) is 30.3 Å². The smallest absolute Gasteiger partial charge is 0.305 e. The van der Waals surface area contributed by atoms with Crippen LogP contribution < -0.4 is 14.9 Å². The molecule has 2 bridgehead atoms.